The van der Waals surface area contributed by atoms with E-state index in [9.17, 15) is 8.42 Å². The van der Waals surface area contributed by atoms with Crippen molar-refractivity contribution in [2.75, 3.05) is 11.6 Å². The number of nitrogens with zero attached hydrogens (tertiary/aromatic N) is 1. The van der Waals surface area contributed by atoms with Gasteiger partial charge in [-0.15, -0.1) is 11.6 Å². The highest BCUT2D eigenvalue weighted by atomic mass is 35.5. The number of hydrogen-bond donors (Lipinski definition) is 0. The first kappa shape index (κ1) is 17.1. The zero-order chi connectivity index (χ0) is 14.6. The fraction of sp³-hybridized carbons (Fsp3) is 0.500. The van der Waals surface area contributed by atoms with E-state index in [2.05, 4.69) is 0 Å². The van der Waals surface area contributed by atoms with Crippen molar-refractivity contribution in [3.8, 4) is 0 Å². The molecule has 1 aromatic rings. The first-order chi connectivity index (χ1) is 8.77. The Labute approximate surface area is 129 Å². The lowest BCUT2D eigenvalue weighted by Gasteiger charge is -2.25. The molecule has 19 heavy (non-hydrogen) atoms. The van der Waals surface area contributed by atoms with Gasteiger partial charge in [-0.1, -0.05) is 29.3 Å². The smallest absolute Gasteiger partial charge is 0.212 e. The molecule has 0 bridgehead atoms. The van der Waals surface area contributed by atoms with Crippen LogP contribution in [0.15, 0.2) is 18.2 Å². The van der Waals surface area contributed by atoms with Gasteiger partial charge in [-0.2, -0.15) is 4.31 Å². The monoisotopic (exact) mass is 343 g/mol. The summed E-state index contributed by atoms with van der Waals surface area (Å²) in [4.78, 5) is 0. The van der Waals surface area contributed by atoms with E-state index in [1.807, 2.05) is 13.8 Å². The van der Waals surface area contributed by atoms with Crippen LogP contribution in [0.25, 0.3) is 0 Å². The average Bonchev–Trinajstić information content (AvgIpc) is 2.29. The number of halogens is 3. The third-order valence-electron chi connectivity index (χ3n) is 2.59. The molecule has 0 atom stereocenters. The Morgan fingerprint density at radius 2 is 1.84 bits per heavy atom. The van der Waals surface area contributed by atoms with Crippen LogP contribution in [0.1, 0.15) is 19.4 Å². The topological polar surface area (TPSA) is 37.4 Å². The first-order valence-corrected chi connectivity index (χ1v) is 8.67. The number of sulfonamides is 1. The molecule has 0 radical (unpaired) electrons. The third kappa shape index (κ3) is 4.80. The molecule has 0 aromatic heterocycles. The van der Waals surface area contributed by atoms with Gasteiger partial charge < -0.3 is 0 Å². The Morgan fingerprint density at radius 3 is 2.32 bits per heavy atom. The van der Waals surface area contributed by atoms with E-state index in [0.29, 0.717) is 10.0 Å². The van der Waals surface area contributed by atoms with Crippen LogP contribution in [0, 0.1) is 0 Å². The third-order valence-corrected chi connectivity index (χ3v) is 5.73. The van der Waals surface area contributed by atoms with Gasteiger partial charge in [0.2, 0.25) is 10.0 Å². The van der Waals surface area contributed by atoms with Gasteiger partial charge in [-0.3, -0.25) is 0 Å². The maximum atomic E-state index is 12.1. The predicted octanol–water partition coefficient (Wildman–Crippen LogP) is 3.77. The molecule has 0 saturated carbocycles. The Kier molecular flexibility index (Phi) is 6.40. The van der Waals surface area contributed by atoms with Crippen molar-refractivity contribution in [2.24, 2.45) is 0 Å². The Balaban J connectivity index is 2.99. The number of hydrogen-bond acceptors (Lipinski definition) is 2. The van der Waals surface area contributed by atoms with Crippen molar-refractivity contribution < 1.29 is 8.42 Å². The van der Waals surface area contributed by atoms with Crippen molar-refractivity contribution in [1.82, 2.24) is 4.31 Å². The molecule has 0 unspecified atom stereocenters. The quantitative estimate of drug-likeness (QED) is 0.737. The average molecular weight is 345 g/mol. The molecule has 0 amide bonds. The molecule has 108 valence electrons. The van der Waals surface area contributed by atoms with Gasteiger partial charge in [0.1, 0.15) is 0 Å². The van der Waals surface area contributed by atoms with Crippen molar-refractivity contribution in [1.29, 1.82) is 0 Å². The van der Waals surface area contributed by atoms with Crippen molar-refractivity contribution in [3.05, 3.63) is 33.8 Å². The summed E-state index contributed by atoms with van der Waals surface area (Å²) >= 11 is 17.3. The second kappa shape index (κ2) is 7.14. The Bertz CT molecular complexity index is 532. The summed E-state index contributed by atoms with van der Waals surface area (Å²) in [6.07, 6.45) is 0. The molecule has 7 heteroatoms. The lowest BCUT2D eigenvalue weighted by molar-refractivity contribution is 0.349. The SMILES string of the molecule is CC(C)N(Cc1ccc(Cl)c(Cl)c1)S(=O)(=O)CCCl. The van der Waals surface area contributed by atoms with Gasteiger partial charge in [0.15, 0.2) is 0 Å². The summed E-state index contributed by atoms with van der Waals surface area (Å²) < 4.78 is 25.6. The summed E-state index contributed by atoms with van der Waals surface area (Å²) in [7, 11) is -3.37. The maximum Gasteiger partial charge on any atom is 0.215 e. The number of alkyl halides is 1. The van der Waals surface area contributed by atoms with E-state index in [0.717, 1.165) is 5.56 Å². The number of benzene rings is 1. The molecule has 1 rings (SSSR count). The van der Waals surface area contributed by atoms with E-state index < -0.39 is 10.0 Å². The molecule has 1 aromatic carbocycles. The molecule has 0 spiro atoms. The lowest BCUT2D eigenvalue weighted by atomic mass is 10.2. The van der Waals surface area contributed by atoms with Gasteiger partial charge in [-0.05, 0) is 31.5 Å². The summed E-state index contributed by atoms with van der Waals surface area (Å²) in [5.74, 6) is 0.000977. The molecule has 0 aliphatic heterocycles. The van der Waals surface area contributed by atoms with Crippen LogP contribution in [0.5, 0.6) is 0 Å². The van der Waals surface area contributed by atoms with Gasteiger partial charge in [0, 0.05) is 18.5 Å². The highest BCUT2D eigenvalue weighted by Crippen LogP contribution is 2.24. The van der Waals surface area contributed by atoms with Crippen LogP contribution < -0.4 is 0 Å². The van der Waals surface area contributed by atoms with E-state index in [1.165, 1.54) is 4.31 Å². The van der Waals surface area contributed by atoms with Gasteiger partial charge >= 0.3 is 0 Å². The van der Waals surface area contributed by atoms with Crippen molar-refractivity contribution in [3.63, 3.8) is 0 Å². The summed E-state index contributed by atoms with van der Waals surface area (Å²) in [6, 6.07) is 4.95. The second-order valence-electron chi connectivity index (χ2n) is 4.39. The van der Waals surface area contributed by atoms with E-state index in [4.69, 9.17) is 34.8 Å². The standard InChI is InChI=1S/C12H16Cl3NO2S/c1-9(2)16(19(17,18)6-5-13)8-10-3-4-11(14)12(15)7-10/h3-4,7,9H,5-6,8H2,1-2H3. The normalized spacial score (nSPS) is 12.4. The van der Waals surface area contributed by atoms with E-state index in [1.54, 1.807) is 18.2 Å². The fourth-order valence-electron chi connectivity index (χ4n) is 1.63. The van der Waals surface area contributed by atoms with Crippen LogP contribution >= 0.6 is 34.8 Å². The zero-order valence-electron chi connectivity index (χ0n) is 10.7. The zero-order valence-corrected chi connectivity index (χ0v) is 13.8. The van der Waals surface area contributed by atoms with E-state index >= 15 is 0 Å². The van der Waals surface area contributed by atoms with Crippen molar-refractivity contribution >= 4 is 44.8 Å². The molecular weight excluding hydrogens is 329 g/mol. The molecular formula is C12H16Cl3NO2S. The Morgan fingerprint density at radius 1 is 1.21 bits per heavy atom. The van der Waals surface area contributed by atoms with E-state index in [-0.39, 0.29) is 24.2 Å². The van der Waals surface area contributed by atoms with Crippen molar-refractivity contribution in [2.45, 2.75) is 26.4 Å². The summed E-state index contributed by atoms with van der Waals surface area (Å²) in [6.45, 7) is 3.90. The van der Waals surface area contributed by atoms with Gasteiger partial charge in [0.25, 0.3) is 0 Å². The van der Waals surface area contributed by atoms with Crippen LogP contribution in [0.3, 0.4) is 0 Å². The molecule has 0 saturated heterocycles. The summed E-state index contributed by atoms with van der Waals surface area (Å²) in [5.41, 5.74) is 0.793. The molecule has 0 fully saturated rings. The molecule has 0 heterocycles. The maximum absolute atomic E-state index is 12.1. The van der Waals surface area contributed by atoms with Gasteiger partial charge in [-0.25, -0.2) is 8.42 Å². The van der Waals surface area contributed by atoms with Crippen LogP contribution in [0.4, 0.5) is 0 Å². The highest BCUT2D eigenvalue weighted by molar-refractivity contribution is 7.89. The minimum atomic E-state index is -3.37. The minimum absolute atomic E-state index is 0.0753. The second-order valence-corrected chi connectivity index (χ2v) is 7.63. The highest BCUT2D eigenvalue weighted by Gasteiger charge is 2.24. The lowest BCUT2D eigenvalue weighted by Crippen LogP contribution is -2.38. The molecule has 3 nitrogen and oxygen atoms in total. The Hall–Kier alpha value is -0.000000000000000167. The number of rotatable bonds is 6. The van der Waals surface area contributed by atoms with Crippen LogP contribution in [0.2, 0.25) is 10.0 Å². The molecule has 0 aliphatic carbocycles. The molecule has 0 N–H and O–H groups in total. The first-order valence-electron chi connectivity index (χ1n) is 5.77. The largest absolute Gasteiger partial charge is 0.215 e. The predicted molar refractivity (Wildman–Crippen MR) is 81.6 cm³/mol. The summed E-state index contributed by atoms with van der Waals surface area (Å²) in [5, 5.41) is 0.864. The minimum Gasteiger partial charge on any atom is -0.212 e. The van der Waals surface area contributed by atoms with Crippen LogP contribution in [-0.2, 0) is 16.6 Å². The van der Waals surface area contributed by atoms with Crippen LogP contribution in [-0.4, -0.2) is 30.4 Å². The van der Waals surface area contributed by atoms with Gasteiger partial charge in [0.05, 0.1) is 15.8 Å². The molecule has 0 aliphatic rings. The fourth-order valence-corrected chi connectivity index (χ4v) is 3.96.